The highest BCUT2D eigenvalue weighted by Crippen LogP contribution is 2.37. The van der Waals surface area contributed by atoms with Crippen LogP contribution in [0, 0.1) is 5.92 Å². The van der Waals surface area contributed by atoms with Crippen LogP contribution in [-0.4, -0.2) is 57.1 Å². The molecule has 0 bridgehead atoms. The molecule has 0 saturated carbocycles. The van der Waals surface area contributed by atoms with Gasteiger partial charge in [-0.05, 0) is 17.7 Å². The zero-order chi connectivity index (χ0) is 17.5. The summed E-state index contributed by atoms with van der Waals surface area (Å²) in [6.45, 7) is 2.54. The Bertz CT molecular complexity index is 582. The molecular weight excluding hydrogens is 330 g/mol. The predicted molar refractivity (Wildman–Crippen MR) is 92.8 cm³/mol. The third-order valence-corrected chi connectivity index (χ3v) is 4.43. The van der Waals surface area contributed by atoms with Gasteiger partial charge in [0, 0.05) is 45.2 Å². The first kappa shape index (κ1) is 18.7. The van der Waals surface area contributed by atoms with Crippen LogP contribution in [0.2, 0.25) is 5.02 Å². The average molecular weight is 354 g/mol. The van der Waals surface area contributed by atoms with Crippen LogP contribution >= 0.6 is 11.6 Å². The minimum absolute atomic E-state index is 0.0293. The number of hydrogen-bond acceptors (Lipinski definition) is 4. The van der Waals surface area contributed by atoms with E-state index in [1.807, 2.05) is 18.2 Å². The van der Waals surface area contributed by atoms with Crippen molar-refractivity contribution in [2.24, 2.45) is 5.92 Å². The van der Waals surface area contributed by atoms with E-state index in [1.165, 1.54) is 0 Å². The number of hydrogen-bond donors (Lipinski definition) is 2. The molecule has 0 aliphatic carbocycles. The largest absolute Gasteiger partial charge is 0.383 e. The van der Waals surface area contributed by atoms with E-state index in [0.29, 0.717) is 24.7 Å². The first-order valence-corrected chi connectivity index (χ1v) is 8.41. The highest BCUT2D eigenvalue weighted by atomic mass is 35.5. The molecule has 1 aromatic carbocycles. The molecule has 1 saturated heterocycles. The summed E-state index contributed by atoms with van der Waals surface area (Å²) >= 11 is 6.06. The fraction of sp³-hybridized carbons (Fsp3) is 0.529. The van der Waals surface area contributed by atoms with Crippen LogP contribution in [0.25, 0.3) is 0 Å². The number of likely N-dealkylation sites (tertiary alicyclic amines) is 1. The Morgan fingerprint density at radius 3 is 2.88 bits per heavy atom. The molecule has 1 fully saturated rings. The number of methoxy groups -OCH3 is 1. The number of nitrogens with zero attached hydrogens (tertiary/aromatic N) is 1. The summed E-state index contributed by atoms with van der Waals surface area (Å²) in [5.74, 6) is -0.537. The first-order valence-electron chi connectivity index (χ1n) is 8.03. The number of carbonyl (C=O) groups is 2. The van der Waals surface area contributed by atoms with Crippen molar-refractivity contribution in [3.63, 3.8) is 0 Å². The van der Waals surface area contributed by atoms with Gasteiger partial charge in [-0.2, -0.15) is 0 Å². The SMILES string of the molecule is COCCNCCNC(=O)C1CC(=O)N(C)C1c1cccc(Cl)c1. The summed E-state index contributed by atoms with van der Waals surface area (Å²) in [5, 5.41) is 6.67. The van der Waals surface area contributed by atoms with Crippen molar-refractivity contribution in [1.29, 1.82) is 0 Å². The lowest BCUT2D eigenvalue weighted by Crippen LogP contribution is -2.38. The van der Waals surface area contributed by atoms with Crippen LogP contribution in [0.4, 0.5) is 0 Å². The Labute approximate surface area is 147 Å². The fourth-order valence-electron chi connectivity index (χ4n) is 2.96. The molecule has 7 heteroatoms. The molecule has 24 heavy (non-hydrogen) atoms. The summed E-state index contributed by atoms with van der Waals surface area (Å²) < 4.78 is 4.94. The molecule has 1 aliphatic rings. The van der Waals surface area contributed by atoms with Crippen LogP contribution in [0.5, 0.6) is 0 Å². The van der Waals surface area contributed by atoms with Crippen molar-refractivity contribution in [2.45, 2.75) is 12.5 Å². The molecule has 2 amide bonds. The first-order chi connectivity index (χ1) is 11.5. The van der Waals surface area contributed by atoms with Gasteiger partial charge in [0.25, 0.3) is 0 Å². The van der Waals surface area contributed by atoms with Gasteiger partial charge in [0.2, 0.25) is 11.8 Å². The number of benzene rings is 1. The second-order valence-corrected chi connectivity index (χ2v) is 6.29. The molecule has 2 rings (SSSR count). The van der Waals surface area contributed by atoms with Crippen molar-refractivity contribution < 1.29 is 14.3 Å². The number of rotatable bonds is 8. The van der Waals surface area contributed by atoms with Crippen molar-refractivity contribution in [3.05, 3.63) is 34.9 Å². The molecule has 1 heterocycles. The quantitative estimate of drug-likeness (QED) is 0.689. The van der Waals surface area contributed by atoms with Crippen LogP contribution in [0.15, 0.2) is 24.3 Å². The predicted octanol–water partition coefficient (Wildman–Crippen LogP) is 1.21. The maximum atomic E-state index is 12.5. The number of nitrogens with one attached hydrogen (secondary N) is 2. The summed E-state index contributed by atoms with van der Waals surface area (Å²) in [6.07, 6.45) is 0.219. The molecule has 1 aromatic rings. The summed E-state index contributed by atoms with van der Waals surface area (Å²) in [4.78, 5) is 26.2. The highest BCUT2D eigenvalue weighted by molar-refractivity contribution is 6.30. The fourth-order valence-corrected chi connectivity index (χ4v) is 3.15. The second-order valence-electron chi connectivity index (χ2n) is 5.85. The Balaban J connectivity index is 1.96. The molecule has 0 aromatic heterocycles. The third-order valence-electron chi connectivity index (χ3n) is 4.20. The molecule has 132 valence electrons. The Hall–Kier alpha value is -1.63. The van der Waals surface area contributed by atoms with Crippen molar-refractivity contribution in [2.75, 3.05) is 40.4 Å². The van der Waals surface area contributed by atoms with Gasteiger partial charge in [-0.3, -0.25) is 9.59 Å². The van der Waals surface area contributed by atoms with Gasteiger partial charge in [-0.1, -0.05) is 23.7 Å². The smallest absolute Gasteiger partial charge is 0.226 e. The standard InChI is InChI=1S/C17H24ClN3O3/c1-21-15(22)11-14(16(21)12-4-3-5-13(18)10-12)17(23)20-7-6-19-8-9-24-2/h3-5,10,14,16,19H,6-9,11H2,1-2H3,(H,20,23). The summed E-state index contributed by atoms with van der Waals surface area (Å²) in [6, 6.07) is 7.05. The summed E-state index contributed by atoms with van der Waals surface area (Å²) in [7, 11) is 3.38. The van der Waals surface area contributed by atoms with Crippen LogP contribution < -0.4 is 10.6 Å². The minimum Gasteiger partial charge on any atom is -0.383 e. The molecule has 6 nitrogen and oxygen atoms in total. The molecule has 0 spiro atoms. The lowest BCUT2D eigenvalue weighted by atomic mass is 9.93. The maximum Gasteiger partial charge on any atom is 0.226 e. The lowest BCUT2D eigenvalue weighted by Gasteiger charge is -2.25. The monoisotopic (exact) mass is 353 g/mol. The Morgan fingerprint density at radius 2 is 2.17 bits per heavy atom. The van der Waals surface area contributed by atoms with E-state index in [2.05, 4.69) is 10.6 Å². The van der Waals surface area contributed by atoms with Crippen molar-refractivity contribution >= 4 is 23.4 Å². The maximum absolute atomic E-state index is 12.5. The van der Waals surface area contributed by atoms with Gasteiger partial charge in [-0.15, -0.1) is 0 Å². The van der Waals surface area contributed by atoms with Crippen LogP contribution in [0.3, 0.4) is 0 Å². The van der Waals surface area contributed by atoms with Gasteiger partial charge in [0.05, 0.1) is 18.6 Å². The van der Waals surface area contributed by atoms with E-state index in [-0.39, 0.29) is 24.3 Å². The van der Waals surface area contributed by atoms with E-state index >= 15 is 0 Å². The van der Waals surface area contributed by atoms with Gasteiger partial charge in [0.15, 0.2) is 0 Å². The number of carbonyl (C=O) groups excluding carboxylic acids is 2. The van der Waals surface area contributed by atoms with E-state index in [0.717, 1.165) is 12.1 Å². The minimum atomic E-state index is -0.403. The number of ether oxygens (including phenoxy) is 1. The Kier molecular flexibility index (Phi) is 7.02. The normalized spacial score (nSPS) is 20.5. The van der Waals surface area contributed by atoms with E-state index < -0.39 is 5.92 Å². The average Bonchev–Trinajstić information content (AvgIpc) is 2.86. The topological polar surface area (TPSA) is 70.7 Å². The third kappa shape index (κ3) is 4.69. The van der Waals surface area contributed by atoms with Gasteiger partial charge in [-0.25, -0.2) is 0 Å². The second kappa shape index (κ2) is 9.01. The molecule has 2 atom stereocenters. The molecular formula is C17H24ClN3O3. The van der Waals surface area contributed by atoms with E-state index in [4.69, 9.17) is 16.3 Å². The zero-order valence-electron chi connectivity index (χ0n) is 14.0. The van der Waals surface area contributed by atoms with Crippen molar-refractivity contribution in [1.82, 2.24) is 15.5 Å². The molecule has 0 radical (unpaired) electrons. The van der Waals surface area contributed by atoms with Gasteiger partial charge < -0.3 is 20.3 Å². The van der Waals surface area contributed by atoms with Gasteiger partial charge in [0.1, 0.15) is 0 Å². The molecule has 1 aliphatic heterocycles. The number of amides is 2. The Morgan fingerprint density at radius 1 is 1.38 bits per heavy atom. The van der Waals surface area contributed by atoms with Gasteiger partial charge >= 0.3 is 0 Å². The van der Waals surface area contributed by atoms with Crippen LogP contribution in [0.1, 0.15) is 18.0 Å². The summed E-state index contributed by atoms with van der Waals surface area (Å²) in [5.41, 5.74) is 0.884. The zero-order valence-corrected chi connectivity index (χ0v) is 14.8. The number of halogens is 1. The van der Waals surface area contributed by atoms with E-state index in [9.17, 15) is 9.59 Å². The highest BCUT2D eigenvalue weighted by Gasteiger charge is 2.42. The molecule has 2 N–H and O–H groups in total. The lowest BCUT2D eigenvalue weighted by molar-refractivity contribution is -0.128. The van der Waals surface area contributed by atoms with Crippen LogP contribution in [-0.2, 0) is 14.3 Å². The van der Waals surface area contributed by atoms with Crippen molar-refractivity contribution in [3.8, 4) is 0 Å². The molecule has 2 unspecified atom stereocenters. The van der Waals surface area contributed by atoms with E-state index in [1.54, 1.807) is 25.1 Å².